The Kier molecular flexibility index (Phi) is 4.49. The van der Waals surface area contributed by atoms with Gasteiger partial charge in [0.25, 0.3) is 0 Å². The van der Waals surface area contributed by atoms with Crippen LogP contribution in [-0.4, -0.2) is 35.1 Å². The molecule has 1 aromatic carbocycles. The van der Waals surface area contributed by atoms with Crippen molar-refractivity contribution in [3.8, 4) is 0 Å². The molecule has 1 heterocycles. The SMILES string of the molecule is CC1CCCN(C(=O)Nc2ccc(C(=O)O)cc2Cl)C1. The van der Waals surface area contributed by atoms with Gasteiger partial charge in [0.2, 0.25) is 0 Å². The molecule has 1 fully saturated rings. The van der Waals surface area contributed by atoms with Crippen molar-refractivity contribution in [2.24, 2.45) is 5.92 Å². The number of nitrogens with one attached hydrogen (secondary N) is 1. The fourth-order valence-electron chi connectivity index (χ4n) is 2.32. The van der Waals surface area contributed by atoms with E-state index in [9.17, 15) is 9.59 Å². The summed E-state index contributed by atoms with van der Waals surface area (Å²) in [5.41, 5.74) is 0.527. The summed E-state index contributed by atoms with van der Waals surface area (Å²) < 4.78 is 0. The van der Waals surface area contributed by atoms with E-state index in [1.54, 1.807) is 4.90 Å². The highest BCUT2D eigenvalue weighted by Gasteiger charge is 2.21. The maximum atomic E-state index is 12.1. The Hall–Kier alpha value is -1.75. The molecule has 0 bridgehead atoms. The van der Waals surface area contributed by atoms with Crippen LogP contribution in [0.3, 0.4) is 0 Å². The molecule has 0 aromatic heterocycles. The zero-order chi connectivity index (χ0) is 14.7. The zero-order valence-electron chi connectivity index (χ0n) is 11.2. The molecule has 108 valence electrons. The second kappa shape index (κ2) is 6.13. The van der Waals surface area contributed by atoms with Crippen molar-refractivity contribution in [1.82, 2.24) is 4.90 Å². The molecular weight excluding hydrogens is 280 g/mol. The largest absolute Gasteiger partial charge is 0.478 e. The Labute approximate surface area is 122 Å². The van der Waals surface area contributed by atoms with Crippen molar-refractivity contribution < 1.29 is 14.7 Å². The average Bonchev–Trinajstić information content (AvgIpc) is 2.40. The molecule has 0 saturated carbocycles. The van der Waals surface area contributed by atoms with Crippen LogP contribution < -0.4 is 5.32 Å². The van der Waals surface area contributed by atoms with Crippen LogP contribution in [0.4, 0.5) is 10.5 Å². The van der Waals surface area contributed by atoms with E-state index in [4.69, 9.17) is 16.7 Å². The van der Waals surface area contributed by atoms with Gasteiger partial charge in [0, 0.05) is 13.1 Å². The topological polar surface area (TPSA) is 69.6 Å². The maximum absolute atomic E-state index is 12.1. The molecule has 0 radical (unpaired) electrons. The van der Waals surface area contributed by atoms with Crippen LogP contribution >= 0.6 is 11.6 Å². The molecule has 1 atom stereocenters. The van der Waals surface area contributed by atoms with Gasteiger partial charge in [-0.1, -0.05) is 18.5 Å². The third-order valence-electron chi connectivity index (χ3n) is 3.40. The van der Waals surface area contributed by atoms with E-state index in [1.165, 1.54) is 18.2 Å². The molecule has 1 saturated heterocycles. The van der Waals surface area contributed by atoms with Crippen molar-refractivity contribution in [3.05, 3.63) is 28.8 Å². The zero-order valence-corrected chi connectivity index (χ0v) is 12.0. The smallest absolute Gasteiger partial charge is 0.335 e. The highest BCUT2D eigenvalue weighted by atomic mass is 35.5. The molecule has 1 aliphatic rings. The minimum absolute atomic E-state index is 0.0968. The number of carbonyl (C=O) groups excluding carboxylic acids is 1. The van der Waals surface area contributed by atoms with Crippen LogP contribution in [0.1, 0.15) is 30.1 Å². The summed E-state index contributed by atoms with van der Waals surface area (Å²) >= 11 is 5.99. The van der Waals surface area contributed by atoms with Crippen LogP contribution in [0.2, 0.25) is 5.02 Å². The third-order valence-corrected chi connectivity index (χ3v) is 3.71. The number of anilines is 1. The van der Waals surface area contributed by atoms with Gasteiger partial charge in [-0.15, -0.1) is 0 Å². The minimum atomic E-state index is -1.05. The summed E-state index contributed by atoms with van der Waals surface area (Å²) in [6.45, 7) is 3.59. The van der Waals surface area contributed by atoms with E-state index >= 15 is 0 Å². The van der Waals surface area contributed by atoms with Gasteiger partial charge in [0.15, 0.2) is 0 Å². The number of carboxylic acid groups (broad SMARTS) is 1. The van der Waals surface area contributed by atoms with Crippen molar-refractivity contribution in [1.29, 1.82) is 0 Å². The molecule has 6 heteroatoms. The first-order chi connectivity index (χ1) is 9.47. The quantitative estimate of drug-likeness (QED) is 0.879. The van der Waals surface area contributed by atoms with Gasteiger partial charge >= 0.3 is 12.0 Å². The average molecular weight is 297 g/mol. The van der Waals surface area contributed by atoms with E-state index < -0.39 is 5.97 Å². The van der Waals surface area contributed by atoms with E-state index in [0.29, 0.717) is 11.6 Å². The number of likely N-dealkylation sites (tertiary alicyclic amines) is 1. The number of benzene rings is 1. The molecule has 2 N–H and O–H groups in total. The molecule has 1 aromatic rings. The molecule has 0 spiro atoms. The molecule has 1 aliphatic heterocycles. The van der Waals surface area contributed by atoms with Gasteiger partial charge in [0.1, 0.15) is 0 Å². The lowest BCUT2D eigenvalue weighted by Crippen LogP contribution is -2.41. The molecule has 0 aliphatic carbocycles. The molecule has 1 unspecified atom stereocenters. The Balaban J connectivity index is 2.06. The Morgan fingerprint density at radius 2 is 2.20 bits per heavy atom. The molecule has 2 rings (SSSR count). The lowest BCUT2D eigenvalue weighted by Gasteiger charge is -2.31. The van der Waals surface area contributed by atoms with E-state index in [-0.39, 0.29) is 16.6 Å². The molecule has 20 heavy (non-hydrogen) atoms. The summed E-state index contributed by atoms with van der Waals surface area (Å²) in [6.07, 6.45) is 2.14. The van der Waals surface area contributed by atoms with Crippen LogP contribution in [0, 0.1) is 5.92 Å². The second-order valence-electron chi connectivity index (χ2n) is 5.12. The summed E-state index contributed by atoms with van der Waals surface area (Å²) in [5.74, 6) is -0.547. The number of nitrogens with zero attached hydrogens (tertiary/aromatic N) is 1. The fourth-order valence-corrected chi connectivity index (χ4v) is 2.55. The first-order valence-electron chi connectivity index (χ1n) is 6.56. The van der Waals surface area contributed by atoms with E-state index in [2.05, 4.69) is 12.2 Å². The maximum Gasteiger partial charge on any atom is 0.335 e. The van der Waals surface area contributed by atoms with Crippen molar-refractivity contribution in [2.75, 3.05) is 18.4 Å². The summed E-state index contributed by atoms with van der Waals surface area (Å²) in [6, 6.07) is 4.07. The summed E-state index contributed by atoms with van der Waals surface area (Å²) in [7, 11) is 0. The predicted molar refractivity (Wildman–Crippen MR) is 77.4 cm³/mol. The van der Waals surface area contributed by atoms with Crippen LogP contribution in [0.25, 0.3) is 0 Å². The number of halogens is 1. The van der Waals surface area contributed by atoms with Gasteiger partial charge in [-0.25, -0.2) is 9.59 Å². The van der Waals surface area contributed by atoms with E-state index in [1.807, 2.05) is 0 Å². The Morgan fingerprint density at radius 1 is 1.45 bits per heavy atom. The van der Waals surface area contributed by atoms with Gasteiger partial charge < -0.3 is 15.3 Å². The van der Waals surface area contributed by atoms with Crippen molar-refractivity contribution in [3.63, 3.8) is 0 Å². The van der Waals surface area contributed by atoms with Crippen LogP contribution in [0.15, 0.2) is 18.2 Å². The van der Waals surface area contributed by atoms with Crippen molar-refractivity contribution in [2.45, 2.75) is 19.8 Å². The monoisotopic (exact) mass is 296 g/mol. The van der Waals surface area contributed by atoms with Gasteiger partial charge in [-0.2, -0.15) is 0 Å². The number of urea groups is 1. The normalized spacial score (nSPS) is 18.7. The third kappa shape index (κ3) is 3.42. The fraction of sp³-hybridized carbons (Fsp3) is 0.429. The molecular formula is C14H17ClN2O3. The highest BCUT2D eigenvalue weighted by molar-refractivity contribution is 6.34. The minimum Gasteiger partial charge on any atom is -0.478 e. The number of amides is 2. The number of hydrogen-bond donors (Lipinski definition) is 2. The van der Waals surface area contributed by atoms with Crippen LogP contribution in [-0.2, 0) is 0 Å². The number of carboxylic acids is 1. The predicted octanol–water partition coefficient (Wildman–Crippen LogP) is 3.30. The Bertz CT molecular complexity index is 533. The lowest BCUT2D eigenvalue weighted by molar-refractivity contribution is 0.0697. The molecule has 2 amide bonds. The number of hydrogen-bond acceptors (Lipinski definition) is 2. The first kappa shape index (κ1) is 14.7. The van der Waals surface area contributed by atoms with E-state index in [0.717, 1.165) is 25.9 Å². The molecule has 5 nitrogen and oxygen atoms in total. The standard InChI is InChI=1S/C14H17ClN2O3/c1-9-3-2-6-17(8-9)14(20)16-12-5-4-10(13(18)19)7-11(12)15/h4-5,7,9H,2-3,6,8H2,1H3,(H,16,20)(H,18,19). The van der Waals surface area contributed by atoms with Crippen LogP contribution in [0.5, 0.6) is 0 Å². The summed E-state index contributed by atoms with van der Waals surface area (Å²) in [5, 5.41) is 11.8. The summed E-state index contributed by atoms with van der Waals surface area (Å²) in [4.78, 5) is 24.7. The van der Waals surface area contributed by atoms with Gasteiger partial charge in [-0.05, 0) is 37.0 Å². The number of aromatic carboxylic acids is 1. The number of rotatable bonds is 2. The van der Waals surface area contributed by atoms with Crippen molar-refractivity contribution >= 4 is 29.3 Å². The van der Waals surface area contributed by atoms with Gasteiger partial charge in [-0.3, -0.25) is 0 Å². The second-order valence-corrected chi connectivity index (χ2v) is 5.53. The number of carbonyl (C=O) groups is 2. The lowest BCUT2D eigenvalue weighted by atomic mass is 10.0. The first-order valence-corrected chi connectivity index (χ1v) is 6.94. The number of piperidine rings is 1. The Morgan fingerprint density at radius 3 is 2.80 bits per heavy atom. The highest BCUT2D eigenvalue weighted by Crippen LogP contribution is 2.24. The van der Waals surface area contributed by atoms with Gasteiger partial charge in [0.05, 0.1) is 16.3 Å².